The van der Waals surface area contributed by atoms with Gasteiger partial charge in [0.2, 0.25) is 0 Å². The van der Waals surface area contributed by atoms with E-state index in [1.807, 2.05) is 0 Å². The smallest absolute Gasteiger partial charge is 0.137 e. The zero-order valence-corrected chi connectivity index (χ0v) is 41.1. The van der Waals surface area contributed by atoms with E-state index in [4.69, 9.17) is 4.42 Å². The van der Waals surface area contributed by atoms with Crippen molar-refractivity contribution >= 4 is 32.7 Å². The lowest BCUT2D eigenvalue weighted by Gasteiger charge is -2.25. The van der Waals surface area contributed by atoms with Gasteiger partial charge in [-0.3, -0.25) is 0 Å². The fourth-order valence-corrected chi connectivity index (χ4v) is 13.6. The lowest BCUT2D eigenvalue weighted by atomic mass is 9.77. The minimum absolute atomic E-state index is 0.0946. The van der Waals surface area contributed by atoms with Crippen LogP contribution in [0.2, 0.25) is 0 Å². The average Bonchev–Trinajstić information content (AvgIpc) is 3.93. The summed E-state index contributed by atoms with van der Waals surface area (Å²) in [6, 6.07) is 40.0. The second kappa shape index (κ2) is 13.1. The van der Waals surface area contributed by atoms with Crippen LogP contribution in [0, 0.1) is 27.7 Å². The van der Waals surface area contributed by atoms with Crippen molar-refractivity contribution < 1.29 is 4.42 Å². The monoisotopic (exact) mass is 856 g/mol. The summed E-state index contributed by atoms with van der Waals surface area (Å²) in [5.74, 6) is 1.91. The Morgan fingerprint density at radius 1 is 0.485 bits per heavy atom. The second-order valence-corrected chi connectivity index (χ2v) is 22.3. The molecule has 4 aliphatic rings. The van der Waals surface area contributed by atoms with Gasteiger partial charge in [-0.05, 0) is 192 Å². The van der Waals surface area contributed by atoms with E-state index >= 15 is 0 Å². The highest BCUT2D eigenvalue weighted by Gasteiger charge is 2.45. The maximum Gasteiger partial charge on any atom is 0.137 e. The summed E-state index contributed by atoms with van der Waals surface area (Å²) in [6.45, 7) is 34.8. The highest BCUT2D eigenvalue weighted by atomic mass is 16.3. The van der Waals surface area contributed by atoms with E-state index in [1.54, 1.807) is 0 Å². The Bertz CT molecular complexity index is 3640. The van der Waals surface area contributed by atoms with Crippen molar-refractivity contribution in [3.8, 4) is 44.7 Å². The summed E-state index contributed by atoms with van der Waals surface area (Å²) in [5.41, 5.74) is 28.7. The molecule has 0 bridgehead atoms. The zero-order valence-electron chi connectivity index (χ0n) is 41.1. The number of fused-ring (bicyclic) bond motifs is 14. The molecule has 0 unspecified atom stereocenters. The molecule has 1 aromatic heterocycles. The molecular formula is C65H60O. The molecule has 326 valence electrons. The first-order valence-corrected chi connectivity index (χ1v) is 24.0. The fraction of sp³-hybridized carbons (Fsp3) is 0.262. The highest BCUT2D eigenvalue weighted by Crippen LogP contribution is 2.60. The Kier molecular flexibility index (Phi) is 8.16. The molecule has 4 aliphatic carbocycles. The first kappa shape index (κ1) is 41.0. The van der Waals surface area contributed by atoms with Gasteiger partial charge >= 0.3 is 0 Å². The van der Waals surface area contributed by atoms with Crippen LogP contribution in [0.3, 0.4) is 0 Å². The van der Waals surface area contributed by atoms with Gasteiger partial charge in [-0.15, -0.1) is 0 Å². The third-order valence-electron chi connectivity index (χ3n) is 17.2. The zero-order chi connectivity index (χ0) is 46.3. The van der Waals surface area contributed by atoms with E-state index in [2.05, 4.69) is 212 Å². The van der Waals surface area contributed by atoms with Crippen LogP contribution < -0.4 is 0 Å². The van der Waals surface area contributed by atoms with Gasteiger partial charge in [0.15, 0.2) is 0 Å². The predicted octanol–water partition coefficient (Wildman–Crippen LogP) is 17.7. The van der Waals surface area contributed by atoms with Crippen molar-refractivity contribution in [2.24, 2.45) is 0 Å². The number of rotatable bonds is 4. The van der Waals surface area contributed by atoms with E-state index in [-0.39, 0.29) is 21.7 Å². The number of benzene rings is 7. The Hall–Kier alpha value is -6.44. The maximum absolute atomic E-state index is 6.85. The van der Waals surface area contributed by atoms with Gasteiger partial charge in [-0.2, -0.15) is 0 Å². The predicted molar refractivity (Wildman–Crippen MR) is 281 cm³/mol. The number of furan rings is 1. The summed E-state index contributed by atoms with van der Waals surface area (Å²) in [5, 5.41) is 5.39. The van der Waals surface area contributed by atoms with Crippen LogP contribution >= 0.6 is 0 Å². The molecule has 1 heteroatoms. The minimum atomic E-state index is -0.235. The Balaban J connectivity index is 0.926. The molecule has 1 nitrogen and oxygen atoms in total. The lowest BCUT2D eigenvalue weighted by molar-refractivity contribution is 0.546. The third-order valence-corrected chi connectivity index (χ3v) is 17.2. The Morgan fingerprint density at radius 3 is 1.48 bits per heavy atom. The van der Waals surface area contributed by atoms with E-state index in [0.717, 1.165) is 17.1 Å². The summed E-state index contributed by atoms with van der Waals surface area (Å²) in [7, 11) is 0. The molecule has 0 fully saturated rings. The standard InChI is InChI=1S/C65H60O/c1-15-40-46-30-54-48(59-44-22-18-16-20-41(44)34(2)26-56(59)64(54,11)12)32-52(46)62(7,8)50(40)28-36(4)58-37(5)61(66-38(58)6)39-24-25-43-47-31-55-49(33-53(47)63(9,10)51(43)29-39)60-45-23-19-17-21-42(45)35(3)27-57(60)65(55,13)14/h15-33H,1H2,2-14H3/b36-28+. The molecule has 0 amide bonds. The van der Waals surface area contributed by atoms with E-state index < -0.39 is 0 Å². The third kappa shape index (κ3) is 5.07. The van der Waals surface area contributed by atoms with Crippen LogP contribution in [0.25, 0.3) is 77.4 Å². The largest absolute Gasteiger partial charge is 0.460 e. The summed E-state index contributed by atoms with van der Waals surface area (Å²) >= 11 is 0. The first-order valence-electron chi connectivity index (χ1n) is 24.0. The van der Waals surface area contributed by atoms with Crippen molar-refractivity contribution in [3.05, 3.63) is 200 Å². The van der Waals surface area contributed by atoms with Gasteiger partial charge in [0.25, 0.3) is 0 Å². The topological polar surface area (TPSA) is 13.1 Å². The van der Waals surface area contributed by atoms with Gasteiger partial charge in [-0.1, -0.05) is 147 Å². The quantitative estimate of drug-likeness (QED) is 0.172. The van der Waals surface area contributed by atoms with Crippen LogP contribution in [0.1, 0.15) is 135 Å². The van der Waals surface area contributed by atoms with Crippen LogP contribution in [-0.2, 0) is 21.7 Å². The van der Waals surface area contributed by atoms with E-state index in [1.165, 1.54) is 138 Å². The van der Waals surface area contributed by atoms with E-state index in [0.29, 0.717) is 0 Å². The molecule has 66 heavy (non-hydrogen) atoms. The van der Waals surface area contributed by atoms with Crippen LogP contribution in [-0.4, -0.2) is 0 Å². The van der Waals surface area contributed by atoms with Crippen LogP contribution in [0.15, 0.2) is 132 Å². The van der Waals surface area contributed by atoms with Crippen molar-refractivity contribution in [2.75, 3.05) is 0 Å². The van der Waals surface area contributed by atoms with Gasteiger partial charge < -0.3 is 4.42 Å². The van der Waals surface area contributed by atoms with Crippen LogP contribution in [0.5, 0.6) is 0 Å². The molecule has 0 radical (unpaired) electrons. The Morgan fingerprint density at radius 2 is 0.939 bits per heavy atom. The molecular weight excluding hydrogens is 797 g/mol. The van der Waals surface area contributed by atoms with Crippen molar-refractivity contribution in [2.45, 2.75) is 112 Å². The molecule has 0 spiro atoms. The molecule has 0 aliphatic heterocycles. The van der Waals surface area contributed by atoms with Crippen molar-refractivity contribution in [1.82, 2.24) is 0 Å². The Labute approximate surface area is 391 Å². The molecule has 0 saturated carbocycles. The average molecular weight is 857 g/mol. The molecule has 0 atom stereocenters. The normalized spacial score (nSPS) is 17.4. The van der Waals surface area contributed by atoms with E-state index in [9.17, 15) is 0 Å². The minimum Gasteiger partial charge on any atom is -0.460 e. The van der Waals surface area contributed by atoms with Gasteiger partial charge in [0.05, 0.1) is 0 Å². The number of hydrogen-bond acceptors (Lipinski definition) is 1. The number of allylic oxidation sites excluding steroid dienone is 5. The van der Waals surface area contributed by atoms with Gasteiger partial charge in [0, 0.05) is 38.4 Å². The molecule has 8 aromatic rings. The molecule has 0 N–H and O–H groups in total. The molecule has 7 aromatic carbocycles. The van der Waals surface area contributed by atoms with Gasteiger partial charge in [0.1, 0.15) is 11.5 Å². The first-order chi connectivity index (χ1) is 31.3. The molecule has 1 heterocycles. The SMILES string of the molecule is C=CC1=C(/C=C(\C)c2c(C)oc(-c3ccc4c(c3)C(C)(C)c3cc5c(cc3-4)C(C)(C)c3cc(C)c4ccccc4c3-5)c2C)C(C)(C)c2cc3c(cc21)C(C)(C)c1cc(C)c2ccccc2c1-3. The van der Waals surface area contributed by atoms with Crippen LogP contribution in [0.4, 0.5) is 0 Å². The number of aryl methyl sites for hydroxylation is 3. The number of hydrogen-bond donors (Lipinski definition) is 0. The maximum atomic E-state index is 6.85. The highest BCUT2D eigenvalue weighted by molar-refractivity contribution is 6.07. The fourth-order valence-electron chi connectivity index (χ4n) is 13.6. The summed E-state index contributed by atoms with van der Waals surface area (Å²) < 4.78 is 6.85. The van der Waals surface area contributed by atoms with Crippen molar-refractivity contribution in [3.63, 3.8) is 0 Å². The van der Waals surface area contributed by atoms with Crippen molar-refractivity contribution in [1.29, 1.82) is 0 Å². The van der Waals surface area contributed by atoms with Gasteiger partial charge in [-0.25, -0.2) is 0 Å². The molecule has 12 rings (SSSR count). The summed E-state index contributed by atoms with van der Waals surface area (Å²) in [6.07, 6.45) is 4.52. The molecule has 0 saturated heterocycles. The summed E-state index contributed by atoms with van der Waals surface area (Å²) in [4.78, 5) is 0. The lowest BCUT2D eigenvalue weighted by Crippen LogP contribution is -2.18. The second-order valence-electron chi connectivity index (χ2n) is 22.3.